The van der Waals surface area contributed by atoms with Crippen LogP contribution in [-0.4, -0.2) is 23.1 Å². The lowest BCUT2D eigenvalue weighted by Gasteiger charge is -2.04. The number of halogens is 1. The highest BCUT2D eigenvalue weighted by Gasteiger charge is 2.12. The molecule has 0 aliphatic heterocycles. The van der Waals surface area contributed by atoms with Crippen molar-refractivity contribution in [2.24, 2.45) is 4.99 Å². The molecule has 0 aliphatic carbocycles. The number of ether oxygens (including phenoxy) is 1. The van der Waals surface area contributed by atoms with Crippen molar-refractivity contribution in [3.8, 4) is 0 Å². The summed E-state index contributed by atoms with van der Waals surface area (Å²) >= 11 is 1.14. The van der Waals surface area contributed by atoms with Crippen molar-refractivity contribution in [3.05, 3.63) is 70.8 Å². The number of fused-ring (bicyclic) bond motifs is 1. The molecular formula is C20H17FN2O3S. The number of thiazole rings is 1. The van der Waals surface area contributed by atoms with Crippen LogP contribution in [0.3, 0.4) is 0 Å². The van der Waals surface area contributed by atoms with Crippen LogP contribution in [0, 0.1) is 5.82 Å². The Kier molecular flexibility index (Phi) is 5.93. The van der Waals surface area contributed by atoms with E-state index in [2.05, 4.69) is 4.99 Å². The third-order valence-electron chi connectivity index (χ3n) is 3.66. The third kappa shape index (κ3) is 4.77. The molecular weight excluding hydrogens is 367 g/mol. The zero-order valence-corrected chi connectivity index (χ0v) is 15.4. The summed E-state index contributed by atoms with van der Waals surface area (Å²) in [6.07, 6.45) is 3.02. The second-order valence-electron chi connectivity index (χ2n) is 5.58. The molecule has 1 amide bonds. The summed E-state index contributed by atoms with van der Waals surface area (Å²) in [6, 6.07) is 13.6. The first-order valence-corrected chi connectivity index (χ1v) is 9.15. The van der Waals surface area contributed by atoms with Crippen LogP contribution >= 0.6 is 11.3 Å². The lowest BCUT2D eigenvalue weighted by atomic mass is 10.2. The molecule has 0 spiro atoms. The Hall–Kier alpha value is -3.06. The van der Waals surface area contributed by atoms with Crippen molar-refractivity contribution in [2.75, 3.05) is 6.61 Å². The van der Waals surface area contributed by atoms with Gasteiger partial charge in [0.1, 0.15) is 12.4 Å². The molecule has 27 heavy (non-hydrogen) atoms. The second-order valence-corrected chi connectivity index (χ2v) is 6.59. The summed E-state index contributed by atoms with van der Waals surface area (Å²) in [5.74, 6) is -1.31. The van der Waals surface area contributed by atoms with E-state index < -0.39 is 17.7 Å². The fraction of sp³-hybridized carbons (Fsp3) is 0.150. The monoisotopic (exact) mass is 384 g/mol. The standard InChI is InChI=1S/C20H17FN2O3S/c1-2-26-19(25)13-23-16-10-9-15(21)12-17(16)27-20(23)22-18(24)11-8-14-6-4-3-5-7-14/h3-12H,2,13H2,1H3. The first-order valence-electron chi connectivity index (χ1n) is 8.33. The Morgan fingerprint density at radius 1 is 1.22 bits per heavy atom. The average molecular weight is 384 g/mol. The van der Waals surface area contributed by atoms with E-state index in [1.54, 1.807) is 23.6 Å². The van der Waals surface area contributed by atoms with Crippen LogP contribution in [-0.2, 0) is 20.9 Å². The fourth-order valence-electron chi connectivity index (χ4n) is 2.48. The van der Waals surface area contributed by atoms with Gasteiger partial charge < -0.3 is 9.30 Å². The van der Waals surface area contributed by atoms with Crippen molar-refractivity contribution < 1.29 is 18.7 Å². The van der Waals surface area contributed by atoms with Gasteiger partial charge >= 0.3 is 5.97 Å². The third-order valence-corrected chi connectivity index (χ3v) is 4.70. The number of carbonyl (C=O) groups excluding carboxylic acids is 2. The van der Waals surface area contributed by atoms with E-state index in [0.717, 1.165) is 16.9 Å². The van der Waals surface area contributed by atoms with Gasteiger partial charge in [-0.05, 0) is 36.8 Å². The van der Waals surface area contributed by atoms with E-state index >= 15 is 0 Å². The van der Waals surface area contributed by atoms with E-state index in [4.69, 9.17) is 4.74 Å². The van der Waals surface area contributed by atoms with Gasteiger partial charge in [-0.2, -0.15) is 4.99 Å². The zero-order chi connectivity index (χ0) is 19.2. The minimum Gasteiger partial charge on any atom is -0.465 e. The van der Waals surface area contributed by atoms with Crippen molar-refractivity contribution in [1.82, 2.24) is 4.57 Å². The molecule has 0 N–H and O–H groups in total. The number of hydrogen-bond donors (Lipinski definition) is 0. The lowest BCUT2D eigenvalue weighted by Crippen LogP contribution is -2.22. The van der Waals surface area contributed by atoms with Gasteiger partial charge in [0.15, 0.2) is 4.80 Å². The van der Waals surface area contributed by atoms with Crippen molar-refractivity contribution in [3.63, 3.8) is 0 Å². The Labute approximate surface area is 159 Å². The van der Waals surface area contributed by atoms with Crippen molar-refractivity contribution in [2.45, 2.75) is 13.5 Å². The fourth-order valence-corrected chi connectivity index (χ4v) is 3.54. The first-order chi connectivity index (χ1) is 13.1. The number of benzene rings is 2. The Balaban J connectivity index is 1.98. The summed E-state index contributed by atoms with van der Waals surface area (Å²) in [6.45, 7) is 1.86. The Morgan fingerprint density at radius 3 is 2.74 bits per heavy atom. The highest BCUT2D eigenvalue weighted by Crippen LogP contribution is 2.18. The maximum Gasteiger partial charge on any atom is 0.326 e. The van der Waals surface area contributed by atoms with Crippen molar-refractivity contribution >= 4 is 39.5 Å². The van der Waals surface area contributed by atoms with Crippen LogP contribution in [0.4, 0.5) is 4.39 Å². The van der Waals surface area contributed by atoms with Gasteiger partial charge in [-0.1, -0.05) is 41.7 Å². The number of amides is 1. The first kappa shape index (κ1) is 18.7. The maximum atomic E-state index is 13.5. The predicted octanol–water partition coefficient (Wildman–Crippen LogP) is 3.55. The molecule has 0 saturated heterocycles. The molecule has 138 valence electrons. The Morgan fingerprint density at radius 2 is 2.00 bits per heavy atom. The van der Waals surface area contributed by atoms with Crippen LogP contribution in [0.2, 0.25) is 0 Å². The molecule has 3 aromatic rings. The Bertz CT molecular complexity index is 1070. The molecule has 0 bridgehead atoms. The van der Waals surface area contributed by atoms with Gasteiger partial charge in [0, 0.05) is 6.08 Å². The maximum absolute atomic E-state index is 13.5. The molecule has 0 saturated carbocycles. The molecule has 1 heterocycles. The highest BCUT2D eigenvalue weighted by atomic mass is 32.1. The normalized spacial score (nSPS) is 12.0. The minimum atomic E-state index is -0.469. The number of hydrogen-bond acceptors (Lipinski definition) is 4. The summed E-state index contributed by atoms with van der Waals surface area (Å²) < 4.78 is 20.7. The summed E-state index contributed by atoms with van der Waals surface area (Å²) in [7, 11) is 0. The van der Waals surface area contributed by atoms with Crippen LogP contribution < -0.4 is 4.80 Å². The van der Waals surface area contributed by atoms with E-state index in [1.165, 1.54) is 18.2 Å². The van der Waals surface area contributed by atoms with Crippen LogP contribution in [0.15, 0.2) is 59.6 Å². The minimum absolute atomic E-state index is 0.103. The number of nitrogens with zero attached hydrogens (tertiary/aromatic N) is 2. The zero-order valence-electron chi connectivity index (χ0n) is 14.6. The average Bonchev–Trinajstić information content (AvgIpc) is 2.97. The topological polar surface area (TPSA) is 60.7 Å². The smallest absolute Gasteiger partial charge is 0.326 e. The molecule has 0 fully saturated rings. The summed E-state index contributed by atoms with van der Waals surface area (Å²) in [5.41, 5.74) is 1.49. The number of aromatic nitrogens is 1. The lowest BCUT2D eigenvalue weighted by molar-refractivity contribution is -0.143. The number of rotatable bonds is 5. The molecule has 5 nitrogen and oxygen atoms in total. The van der Waals surface area contributed by atoms with Crippen molar-refractivity contribution in [1.29, 1.82) is 0 Å². The molecule has 0 radical (unpaired) electrons. The van der Waals surface area contributed by atoms with E-state index in [-0.39, 0.29) is 13.2 Å². The highest BCUT2D eigenvalue weighted by molar-refractivity contribution is 7.16. The SMILES string of the molecule is CCOC(=O)Cn1c(=NC(=O)C=Cc2ccccc2)sc2cc(F)ccc21. The number of carbonyl (C=O) groups is 2. The van der Waals surface area contributed by atoms with Gasteiger partial charge in [-0.15, -0.1) is 0 Å². The second kappa shape index (κ2) is 8.55. The van der Waals surface area contributed by atoms with E-state index in [0.29, 0.717) is 15.0 Å². The quantitative estimate of drug-likeness (QED) is 0.499. The molecule has 2 aromatic carbocycles. The van der Waals surface area contributed by atoms with Gasteiger partial charge in [-0.3, -0.25) is 9.59 Å². The van der Waals surface area contributed by atoms with Gasteiger partial charge in [-0.25, -0.2) is 4.39 Å². The van der Waals surface area contributed by atoms with E-state index in [1.807, 2.05) is 30.3 Å². The van der Waals surface area contributed by atoms with Gasteiger partial charge in [0.2, 0.25) is 0 Å². The van der Waals surface area contributed by atoms with E-state index in [9.17, 15) is 14.0 Å². The van der Waals surface area contributed by atoms with Gasteiger partial charge in [0.25, 0.3) is 5.91 Å². The molecule has 0 aliphatic rings. The summed E-state index contributed by atoms with van der Waals surface area (Å²) in [5, 5.41) is 0. The molecule has 1 aromatic heterocycles. The van der Waals surface area contributed by atoms with Gasteiger partial charge in [0.05, 0.1) is 16.8 Å². The van der Waals surface area contributed by atoms with Crippen LogP contribution in [0.25, 0.3) is 16.3 Å². The largest absolute Gasteiger partial charge is 0.465 e. The molecule has 7 heteroatoms. The van der Waals surface area contributed by atoms with Crippen LogP contribution in [0.1, 0.15) is 12.5 Å². The molecule has 3 rings (SSSR count). The molecule has 0 atom stereocenters. The number of esters is 1. The predicted molar refractivity (Wildman–Crippen MR) is 102 cm³/mol. The molecule has 0 unspecified atom stereocenters. The van der Waals surface area contributed by atoms with Crippen LogP contribution in [0.5, 0.6) is 0 Å². The summed E-state index contributed by atoms with van der Waals surface area (Å²) in [4.78, 5) is 28.6.